The number of piperidine rings is 1. The summed E-state index contributed by atoms with van der Waals surface area (Å²) in [5.41, 5.74) is 4.80. The van der Waals surface area contributed by atoms with E-state index in [9.17, 15) is 0 Å². The molecule has 2 aromatic heterocycles. The number of pyridine rings is 1. The molecule has 0 bridgehead atoms. The molecule has 1 N–H and O–H groups in total. The summed E-state index contributed by atoms with van der Waals surface area (Å²) in [4.78, 5) is 9.16. The van der Waals surface area contributed by atoms with Crippen molar-refractivity contribution >= 4 is 51.9 Å². The number of hydrogen-bond acceptors (Lipinski definition) is 4. The lowest BCUT2D eigenvalue weighted by Gasteiger charge is -2.37. The third kappa shape index (κ3) is 5.09. The van der Waals surface area contributed by atoms with E-state index in [1.54, 1.807) is 6.20 Å². The van der Waals surface area contributed by atoms with Gasteiger partial charge in [0.05, 0.1) is 22.4 Å². The van der Waals surface area contributed by atoms with Gasteiger partial charge in [-0.15, -0.1) is 0 Å². The minimum absolute atomic E-state index is 0.213. The second kappa shape index (κ2) is 11.1. The first-order valence-corrected chi connectivity index (χ1v) is 14.9. The monoisotopic (exact) mass is 590 g/mol. The smallest absolute Gasteiger partial charge is 0.174 e. The van der Waals surface area contributed by atoms with Crippen LogP contribution in [-0.4, -0.2) is 23.2 Å². The van der Waals surface area contributed by atoms with Crippen molar-refractivity contribution < 1.29 is 4.42 Å². The highest BCUT2D eigenvalue weighted by molar-refractivity contribution is 7.80. The van der Waals surface area contributed by atoms with Crippen molar-refractivity contribution in [2.45, 2.75) is 39.3 Å². The van der Waals surface area contributed by atoms with E-state index in [-0.39, 0.29) is 12.1 Å². The number of rotatable bonds is 5. The first-order chi connectivity index (χ1) is 19.3. The molecule has 0 unspecified atom stereocenters. The van der Waals surface area contributed by atoms with Gasteiger partial charge in [-0.1, -0.05) is 55.2 Å². The summed E-state index contributed by atoms with van der Waals surface area (Å²) in [6, 6.07) is 21.6. The van der Waals surface area contributed by atoms with Crippen molar-refractivity contribution in [1.29, 1.82) is 0 Å². The number of benzene rings is 2. The third-order valence-electron chi connectivity index (χ3n) is 7.97. The van der Waals surface area contributed by atoms with E-state index in [4.69, 9.17) is 39.8 Å². The number of nitrogens with one attached hydrogen (secondary N) is 1. The molecule has 2 fully saturated rings. The molecule has 2 aliphatic heterocycles. The Morgan fingerprint density at radius 2 is 1.75 bits per heavy atom. The molecule has 4 atom stereocenters. The van der Waals surface area contributed by atoms with Crippen LogP contribution >= 0.6 is 35.4 Å². The lowest BCUT2D eigenvalue weighted by molar-refractivity contribution is 0.357. The fourth-order valence-electron chi connectivity index (χ4n) is 6.21. The zero-order valence-electron chi connectivity index (χ0n) is 22.8. The van der Waals surface area contributed by atoms with Crippen LogP contribution in [0.5, 0.6) is 0 Å². The maximum atomic E-state index is 6.97. The minimum atomic E-state index is -0.271. The number of anilines is 2. The number of furan rings is 1. The fraction of sp³-hybridized carbons (Fsp3) is 0.312. The Morgan fingerprint density at radius 1 is 0.950 bits per heavy atom. The first-order valence-electron chi connectivity index (χ1n) is 13.7. The van der Waals surface area contributed by atoms with Crippen LogP contribution < -0.4 is 15.1 Å². The van der Waals surface area contributed by atoms with Crippen molar-refractivity contribution in [3.63, 3.8) is 0 Å². The van der Waals surface area contributed by atoms with Gasteiger partial charge < -0.3 is 19.5 Å². The molecule has 0 amide bonds. The number of aromatic nitrogens is 1. The molecule has 0 radical (unpaired) electrons. The van der Waals surface area contributed by atoms with Gasteiger partial charge in [0.2, 0.25) is 0 Å². The highest BCUT2D eigenvalue weighted by atomic mass is 35.5. The Bertz CT molecular complexity index is 1530. The van der Waals surface area contributed by atoms with E-state index in [0.29, 0.717) is 22.0 Å². The van der Waals surface area contributed by atoms with Gasteiger partial charge in [0.25, 0.3) is 0 Å². The van der Waals surface area contributed by atoms with Gasteiger partial charge in [0.15, 0.2) is 5.11 Å². The Morgan fingerprint density at radius 3 is 2.48 bits per heavy atom. The van der Waals surface area contributed by atoms with Crippen LogP contribution in [-0.2, 0) is 0 Å². The van der Waals surface area contributed by atoms with E-state index in [1.165, 1.54) is 6.42 Å². The van der Waals surface area contributed by atoms with Crippen molar-refractivity contribution in [2.24, 2.45) is 11.8 Å². The number of thiocarbonyl (C=S) groups is 1. The van der Waals surface area contributed by atoms with Crippen LogP contribution in [0.3, 0.4) is 0 Å². The Labute approximate surface area is 251 Å². The minimum Gasteiger partial charge on any atom is -0.459 e. The topological polar surface area (TPSA) is 44.5 Å². The summed E-state index contributed by atoms with van der Waals surface area (Å²) in [6.07, 6.45) is 3.05. The molecule has 0 aliphatic carbocycles. The molecular weight excluding hydrogens is 559 g/mol. The van der Waals surface area contributed by atoms with Gasteiger partial charge in [-0.25, -0.2) is 0 Å². The number of hydrogen-bond donors (Lipinski definition) is 1. The van der Waals surface area contributed by atoms with Gasteiger partial charge in [0.1, 0.15) is 17.6 Å². The maximum Gasteiger partial charge on any atom is 0.174 e. The van der Waals surface area contributed by atoms with Crippen molar-refractivity contribution in [3.8, 4) is 11.3 Å². The summed E-state index contributed by atoms with van der Waals surface area (Å²) in [5, 5.41) is 5.53. The molecule has 5 nitrogen and oxygen atoms in total. The summed E-state index contributed by atoms with van der Waals surface area (Å²) in [6.45, 7) is 8.64. The molecular formula is C32H32Cl2N4OS. The van der Waals surface area contributed by atoms with E-state index in [0.717, 1.165) is 57.8 Å². The third-order valence-corrected chi connectivity index (χ3v) is 9.00. The lowest BCUT2D eigenvalue weighted by Crippen LogP contribution is -2.38. The second-order valence-corrected chi connectivity index (χ2v) is 12.3. The van der Waals surface area contributed by atoms with Gasteiger partial charge in [-0.3, -0.25) is 4.98 Å². The Kier molecular flexibility index (Phi) is 7.51. The molecule has 0 spiro atoms. The first kappa shape index (κ1) is 27.1. The normalized spacial score (nSPS) is 23.0. The van der Waals surface area contributed by atoms with Crippen LogP contribution in [0.2, 0.25) is 10.0 Å². The molecule has 4 heterocycles. The Balaban J connectivity index is 1.40. The zero-order valence-corrected chi connectivity index (χ0v) is 25.1. The summed E-state index contributed by atoms with van der Waals surface area (Å²) in [5.74, 6) is 2.80. The van der Waals surface area contributed by atoms with Crippen molar-refractivity contribution in [1.82, 2.24) is 10.3 Å². The van der Waals surface area contributed by atoms with Crippen LogP contribution in [0, 0.1) is 18.8 Å². The molecule has 2 saturated heterocycles. The molecule has 8 heteroatoms. The molecule has 206 valence electrons. The average Bonchev–Trinajstić information content (AvgIpc) is 3.54. The van der Waals surface area contributed by atoms with Gasteiger partial charge in [-0.05, 0) is 91.5 Å². The maximum absolute atomic E-state index is 6.97. The van der Waals surface area contributed by atoms with Crippen LogP contribution in [0.25, 0.3) is 11.3 Å². The largest absolute Gasteiger partial charge is 0.459 e. The zero-order chi connectivity index (χ0) is 28.0. The molecule has 0 saturated carbocycles. The predicted octanol–water partition coefficient (Wildman–Crippen LogP) is 8.62. The van der Waals surface area contributed by atoms with E-state index >= 15 is 0 Å². The van der Waals surface area contributed by atoms with E-state index < -0.39 is 0 Å². The molecule has 4 aromatic rings. The lowest BCUT2D eigenvalue weighted by atomic mass is 9.91. The van der Waals surface area contributed by atoms with Crippen molar-refractivity contribution in [2.75, 3.05) is 22.9 Å². The number of halogens is 2. The van der Waals surface area contributed by atoms with Gasteiger partial charge >= 0.3 is 0 Å². The van der Waals surface area contributed by atoms with Crippen LogP contribution in [0.4, 0.5) is 11.4 Å². The summed E-state index contributed by atoms with van der Waals surface area (Å²) < 4.78 is 6.55. The van der Waals surface area contributed by atoms with Crippen molar-refractivity contribution in [3.05, 3.63) is 100.0 Å². The molecule has 2 aromatic carbocycles. The quantitative estimate of drug-likeness (QED) is 0.235. The molecule has 6 rings (SSSR count). The summed E-state index contributed by atoms with van der Waals surface area (Å²) in [7, 11) is 0. The predicted molar refractivity (Wildman–Crippen MR) is 168 cm³/mol. The highest BCUT2D eigenvalue weighted by Crippen LogP contribution is 2.45. The van der Waals surface area contributed by atoms with Gasteiger partial charge in [-0.2, -0.15) is 0 Å². The standard InChI is InChI=1S/C32H32Cl2N4OS/c1-19-15-20(2)18-37(17-19)27-11-10-22(16-25(27)34)38-31(30(36-32(38)40)26-9-4-5-14-35-26)29-13-12-28(39-29)23-7-6-8-24(33)21(23)3/h4-14,16,19-20,30-31H,15,17-18H2,1-3H3,(H,36,40)/t19-,20+,30-,31+/m0/s1. The molecule has 2 aliphatic rings. The number of nitrogens with zero attached hydrogens (tertiary/aromatic N) is 3. The second-order valence-electron chi connectivity index (χ2n) is 11.1. The van der Waals surface area contributed by atoms with Crippen LogP contribution in [0.1, 0.15) is 49.4 Å². The average molecular weight is 592 g/mol. The van der Waals surface area contributed by atoms with E-state index in [2.05, 4.69) is 46.1 Å². The fourth-order valence-corrected chi connectivity index (χ4v) is 7.03. The highest BCUT2D eigenvalue weighted by Gasteiger charge is 2.43. The van der Waals surface area contributed by atoms with Crippen LogP contribution in [0.15, 0.2) is 77.3 Å². The molecule has 40 heavy (non-hydrogen) atoms. The van der Waals surface area contributed by atoms with E-state index in [1.807, 2.05) is 61.5 Å². The summed E-state index contributed by atoms with van der Waals surface area (Å²) >= 11 is 19.3. The SMILES string of the molecule is Cc1c(Cl)cccc1-c1ccc([C@@H]2[C@H](c3ccccn3)NC(=S)N2c2ccc(N3C[C@H](C)C[C@H](C)C3)c(Cl)c2)o1. The Hall–Kier alpha value is -3.06. The van der Waals surface area contributed by atoms with Gasteiger partial charge in [0, 0.05) is 35.6 Å².